The molecule has 0 bridgehead atoms. The second-order valence-corrected chi connectivity index (χ2v) is 5.45. The highest BCUT2D eigenvalue weighted by molar-refractivity contribution is 6.01. The molecule has 0 aromatic heterocycles. The Morgan fingerprint density at radius 2 is 1.58 bits per heavy atom. The number of methoxy groups -OCH3 is 3. The van der Waals surface area contributed by atoms with Crippen LogP contribution in [0.1, 0.15) is 22.3 Å². The topological polar surface area (TPSA) is 94.1 Å². The monoisotopic (exact) mass is 359 g/mol. The van der Waals surface area contributed by atoms with Crippen LogP contribution in [0.15, 0.2) is 36.4 Å². The van der Waals surface area contributed by atoms with Gasteiger partial charge in [-0.15, -0.1) is 0 Å². The Balaban J connectivity index is 2.10. The van der Waals surface area contributed by atoms with Crippen molar-refractivity contribution in [1.29, 1.82) is 0 Å². The molecule has 0 aliphatic carbocycles. The summed E-state index contributed by atoms with van der Waals surface area (Å²) in [7, 11) is 4.44. The van der Waals surface area contributed by atoms with Crippen LogP contribution >= 0.6 is 0 Å². The first-order valence-corrected chi connectivity index (χ1v) is 7.90. The predicted octanol–water partition coefficient (Wildman–Crippen LogP) is 2.98. The molecule has 2 aromatic carbocycles. The summed E-state index contributed by atoms with van der Waals surface area (Å²) in [6, 6.07) is 10.2. The summed E-state index contributed by atoms with van der Waals surface area (Å²) in [6.07, 6.45) is 0.727. The van der Waals surface area contributed by atoms with Gasteiger partial charge in [-0.3, -0.25) is 4.79 Å². The van der Waals surface area contributed by atoms with E-state index < -0.39 is 5.97 Å². The first-order valence-electron chi connectivity index (χ1n) is 7.90. The Labute approximate surface area is 151 Å². The summed E-state index contributed by atoms with van der Waals surface area (Å²) >= 11 is 0. The fourth-order valence-corrected chi connectivity index (χ4v) is 2.42. The van der Waals surface area contributed by atoms with Crippen LogP contribution in [0.25, 0.3) is 0 Å². The van der Waals surface area contributed by atoms with Crippen molar-refractivity contribution in [3.05, 3.63) is 47.5 Å². The third kappa shape index (κ3) is 4.66. The van der Waals surface area contributed by atoms with Gasteiger partial charge in [-0.25, -0.2) is 4.79 Å². The lowest BCUT2D eigenvalue weighted by molar-refractivity contribution is -0.116. The molecule has 0 heterocycles. The molecular weight excluding hydrogens is 338 g/mol. The van der Waals surface area contributed by atoms with Gasteiger partial charge < -0.3 is 24.6 Å². The largest absolute Gasteiger partial charge is 0.497 e. The smallest absolute Gasteiger partial charge is 0.337 e. The maximum atomic E-state index is 12.2. The van der Waals surface area contributed by atoms with Crippen LogP contribution in [0.2, 0.25) is 0 Å². The zero-order valence-electron chi connectivity index (χ0n) is 14.9. The van der Waals surface area contributed by atoms with Gasteiger partial charge in [0, 0.05) is 18.6 Å². The van der Waals surface area contributed by atoms with Crippen LogP contribution < -0.4 is 19.5 Å². The molecule has 138 valence electrons. The number of rotatable bonds is 8. The predicted molar refractivity (Wildman–Crippen MR) is 96.5 cm³/mol. The molecule has 0 aliphatic heterocycles. The molecule has 0 radical (unpaired) electrons. The summed E-state index contributed by atoms with van der Waals surface area (Å²) in [4.78, 5) is 23.7. The van der Waals surface area contributed by atoms with E-state index in [2.05, 4.69) is 5.32 Å². The Morgan fingerprint density at radius 3 is 2.12 bits per heavy atom. The number of carboxylic acids is 1. The molecule has 1 amide bonds. The van der Waals surface area contributed by atoms with Crippen LogP contribution in [-0.2, 0) is 11.2 Å². The van der Waals surface area contributed by atoms with Crippen molar-refractivity contribution in [2.75, 3.05) is 26.6 Å². The standard InChI is InChI=1S/C19H21NO6/c1-24-13-7-4-12(5-8-13)6-9-18(21)20-15-11-17(26-3)16(25-2)10-14(15)19(22)23/h4-5,7-8,10-11H,6,9H2,1-3H3,(H,20,21)(H,22,23). The number of benzene rings is 2. The third-order valence-corrected chi connectivity index (χ3v) is 3.83. The number of hydrogen-bond donors (Lipinski definition) is 2. The van der Waals surface area contributed by atoms with E-state index in [1.807, 2.05) is 24.3 Å². The average molecular weight is 359 g/mol. The van der Waals surface area contributed by atoms with E-state index in [1.54, 1.807) is 7.11 Å². The lowest BCUT2D eigenvalue weighted by Crippen LogP contribution is -2.15. The highest BCUT2D eigenvalue weighted by Crippen LogP contribution is 2.33. The highest BCUT2D eigenvalue weighted by Gasteiger charge is 2.18. The van der Waals surface area contributed by atoms with E-state index in [0.29, 0.717) is 12.2 Å². The fourth-order valence-electron chi connectivity index (χ4n) is 2.42. The Bertz CT molecular complexity index is 785. The van der Waals surface area contributed by atoms with E-state index in [-0.39, 0.29) is 29.3 Å². The molecule has 2 rings (SSSR count). The van der Waals surface area contributed by atoms with Crippen LogP contribution in [-0.4, -0.2) is 38.3 Å². The summed E-state index contributed by atoms with van der Waals surface area (Å²) in [5, 5.41) is 12.0. The molecule has 0 fully saturated rings. The summed E-state index contributed by atoms with van der Waals surface area (Å²) in [6.45, 7) is 0. The van der Waals surface area contributed by atoms with Gasteiger partial charge in [-0.1, -0.05) is 12.1 Å². The fraction of sp³-hybridized carbons (Fsp3) is 0.263. The minimum atomic E-state index is -1.17. The van der Waals surface area contributed by atoms with Gasteiger partial charge in [-0.05, 0) is 24.1 Å². The van der Waals surface area contributed by atoms with Crippen molar-refractivity contribution in [2.45, 2.75) is 12.8 Å². The van der Waals surface area contributed by atoms with Gasteiger partial charge in [0.05, 0.1) is 32.6 Å². The number of carbonyl (C=O) groups is 2. The normalized spacial score (nSPS) is 10.1. The minimum absolute atomic E-state index is 0.0690. The molecule has 0 unspecified atom stereocenters. The van der Waals surface area contributed by atoms with Gasteiger partial charge in [0.25, 0.3) is 0 Å². The summed E-state index contributed by atoms with van der Waals surface area (Å²) < 4.78 is 15.4. The molecular formula is C19H21NO6. The van der Waals surface area contributed by atoms with E-state index in [1.165, 1.54) is 26.4 Å². The summed E-state index contributed by atoms with van der Waals surface area (Å²) in [5.74, 6) is -0.106. The molecule has 0 atom stereocenters. The van der Waals surface area contributed by atoms with Gasteiger partial charge in [0.15, 0.2) is 11.5 Å². The van der Waals surface area contributed by atoms with Gasteiger partial charge in [0.1, 0.15) is 5.75 Å². The zero-order valence-corrected chi connectivity index (χ0v) is 14.9. The maximum absolute atomic E-state index is 12.2. The second kappa shape index (κ2) is 8.75. The molecule has 0 aliphatic rings. The van der Waals surface area contributed by atoms with E-state index in [9.17, 15) is 14.7 Å². The van der Waals surface area contributed by atoms with Crippen molar-refractivity contribution in [2.24, 2.45) is 0 Å². The number of aromatic carboxylic acids is 1. The molecule has 2 N–H and O–H groups in total. The van der Waals surface area contributed by atoms with Crippen molar-refractivity contribution in [3.63, 3.8) is 0 Å². The second-order valence-electron chi connectivity index (χ2n) is 5.45. The third-order valence-electron chi connectivity index (χ3n) is 3.83. The number of amides is 1. The molecule has 0 spiro atoms. The van der Waals surface area contributed by atoms with E-state index in [4.69, 9.17) is 14.2 Å². The van der Waals surface area contributed by atoms with Crippen LogP contribution in [0, 0.1) is 0 Å². The molecule has 7 heteroatoms. The summed E-state index contributed by atoms with van der Waals surface area (Å²) in [5.41, 5.74) is 1.07. The molecule has 0 saturated carbocycles. The van der Waals surface area contributed by atoms with Gasteiger partial charge >= 0.3 is 5.97 Å². The minimum Gasteiger partial charge on any atom is -0.497 e. The number of nitrogens with one attached hydrogen (secondary N) is 1. The van der Waals surface area contributed by atoms with Crippen LogP contribution in [0.3, 0.4) is 0 Å². The molecule has 0 saturated heterocycles. The lowest BCUT2D eigenvalue weighted by atomic mass is 10.1. The zero-order chi connectivity index (χ0) is 19.1. The number of hydrogen-bond acceptors (Lipinski definition) is 5. The van der Waals surface area contributed by atoms with Crippen molar-refractivity contribution < 1.29 is 28.9 Å². The molecule has 7 nitrogen and oxygen atoms in total. The quantitative estimate of drug-likeness (QED) is 0.752. The SMILES string of the molecule is COc1ccc(CCC(=O)Nc2cc(OC)c(OC)cc2C(=O)O)cc1. The first kappa shape index (κ1) is 19.1. The Kier molecular flexibility index (Phi) is 6.43. The Hall–Kier alpha value is -3.22. The lowest BCUT2D eigenvalue weighted by Gasteiger charge is -2.13. The van der Waals surface area contributed by atoms with E-state index in [0.717, 1.165) is 11.3 Å². The average Bonchev–Trinajstić information content (AvgIpc) is 2.66. The van der Waals surface area contributed by atoms with Crippen molar-refractivity contribution in [1.82, 2.24) is 0 Å². The Morgan fingerprint density at radius 1 is 0.962 bits per heavy atom. The first-order chi connectivity index (χ1) is 12.5. The van der Waals surface area contributed by atoms with Crippen molar-refractivity contribution in [3.8, 4) is 17.2 Å². The number of aryl methyl sites for hydroxylation is 1. The van der Waals surface area contributed by atoms with E-state index >= 15 is 0 Å². The molecule has 2 aromatic rings. The number of ether oxygens (including phenoxy) is 3. The van der Waals surface area contributed by atoms with Crippen LogP contribution in [0.5, 0.6) is 17.2 Å². The number of carbonyl (C=O) groups excluding carboxylic acids is 1. The maximum Gasteiger partial charge on any atom is 0.337 e. The number of anilines is 1. The van der Waals surface area contributed by atoms with Crippen molar-refractivity contribution >= 4 is 17.6 Å². The van der Waals surface area contributed by atoms with Crippen LogP contribution in [0.4, 0.5) is 5.69 Å². The van der Waals surface area contributed by atoms with Gasteiger partial charge in [0.2, 0.25) is 5.91 Å². The van der Waals surface area contributed by atoms with Gasteiger partial charge in [-0.2, -0.15) is 0 Å². The number of carboxylic acid groups (broad SMARTS) is 1. The molecule has 26 heavy (non-hydrogen) atoms. The highest BCUT2D eigenvalue weighted by atomic mass is 16.5.